The lowest BCUT2D eigenvalue weighted by atomic mass is 9.92. The monoisotopic (exact) mass is 343 g/mol. The van der Waals surface area contributed by atoms with Gasteiger partial charge in [-0.05, 0) is 73.2 Å². The molecular formula is C19H18FNO2S. The van der Waals surface area contributed by atoms with Crippen molar-refractivity contribution in [1.29, 1.82) is 0 Å². The fourth-order valence-electron chi connectivity index (χ4n) is 2.77. The van der Waals surface area contributed by atoms with Crippen LogP contribution in [0, 0.1) is 17.7 Å². The number of rotatable bonds is 3. The summed E-state index contributed by atoms with van der Waals surface area (Å²) in [6.45, 7) is 0.0107. The average molecular weight is 343 g/mol. The van der Waals surface area contributed by atoms with Crippen molar-refractivity contribution >= 4 is 10.0 Å². The van der Waals surface area contributed by atoms with Crippen molar-refractivity contribution in [3.05, 3.63) is 65.0 Å². The summed E-state index contributed by atoms with van der Waals surface area (Å²) in [4.78, 5) is 0.284. The predicted molar refractivity (Wildman–Crippen MR) is 91.6 cm³/mol. The lowest BCUT2D eigenvalue weighted by Crippen LogP contribution is -2.24. The van der Waals surface area contributed by atoms with Gasteiger partial charge in [0.2, 0.25) is 10.0 Å². The Kier molecular flexibility index (Phi) is 4.98. The van der Waals surface area contributed by atoms with Crippen molar-refractivity contribution in [3.8, 4) is 11.8 Å². The highest BCUT2D eigenvalue weighted by Crippen LogP contribution is 2.23. The van der Waals surface area contributed by atoms with Crippen LogP contribution in [0.15, 0.2) is 47.4 Å². The molecule has 0 radical (unpaired) electrons. The topological polar surface area (TPSA) is 46.2 Å². The molecule has 0 aromatic heterocycles. The smallest absolute Gasteiger partial charge is 0.207 e. The van der Waals surface area contributed by atoms with Crippen LogP contribution in [0.25, 0.3) is 0 Å². The van der Waals surface area contributed by atoms with Gasteiger partial charge >= 0.3 is 0 Å². The molecule has 0 spiro atoms. The highest BCUT2D eigenvalue weighted by Gasteiger charge is 2.16. The number of fused-ring (bicyclic) bond motifs is 1. The number of hydrogen-bond donors (Lipinski definition) is 1. The summed E-state index contributed by atoms with van der Waals surface area (Å²) in [6, 6.07) is 11.1. The van der Waals surface area contributed by atoms with Crippen LogP contribution in [-0.4, -0.2) is 15.0 Å². The largest absolute Gasteiger partial charge is 0.241 e. The van der Waals surface area contributed by atoms with Crippen molar-refractivity contribution in [2.45, 2.75) is 30.6 Å². The molecule has 3 rings (SSSR count). The second-order valence-electron chi connectivity index (χ2n) is 5.77. The lowest BCUT2D eigenvalue weighted by Gasteiger charge is -2.16. The van der Waals surface area contributed by atoms with Crippen LogP contribution >= 0.6 is 0 Å². The van der Waals surface area contributed by atoms with Crippen LogP contribution in [-0.2, 0) is 22.9 Å². The molecule has 3 nitrogen and oxygen atoms in total. The van der Waals surface area contributed by atoms with Gasteiger partial charge in [-0.3, -0.25) is 0 Å². The molecule has 0 fully saturated rings. The maximum absolute atomic E-state index is 12.8. The molecule has 1 N–H and O–H groups in total. The van der Waals surface area contributed by atoms with Gasteiger partial charge in [0.1, 0.15) is 5.82 Å². The van der Waals surface area contributed by atoms with E-state index in [1.807, 2.05) is 6.07 Å². The number of aryl methyl sites for hydroxylation is 2. The molecule has 1 aliphatic carbocycles. The molecular weight excluding hydrogens is 325 g/mol. The van der Waals surface area contributed by atoms with Crippen LogP contribution in [0.5, 0.6) is 0 Å². The third-order valence-electron chi connectivity index (χ3n) is 4.06. The van der Waals surface area contributed by atoms with Crippen LogP contribution in [0.2, 0.25) is 0 Å². The van der Waals surface area contributed by atoms with Crippen molar-refractivity contribution in [2.24, 2.45) is 0 Å². The number of nitrogens with one attached hydrogen (secondary N) is 1. The van der Waals surface area contributed by atoms with Gasteiger partial charge in [-0.25, -0.2) is 12.8 Å². The lowest BCUT2D eigenvalue weighted by molar-refractivity contribution is 0.585. The summed E-state index contributed by atoms with van der Waals surface area (Å²) in [6.07, 6.45) is 4.22. The van der Waals surface area contributed by atoms with Gasteiger partial charge in [0.05, 0.1) is 11.4 Å². The standard InChI is InChI=1S/C19H18FNO2S/c20-18-10-7-15(8-11-18)4-3-13-21-24(22,23)19-12-9-16-5-1-2-6-17(16)14-19/h7-12,14,21H,1-2,5-6,13H2. The van der Waals surface area contributed by atoms with Gasteiger partial charge < -0.3 is 0 Å². The molecule has 0 saturated carbocycles. The van der Waals surface area contributed by atoms with Crippen LogP contribution in [0.4, 0.5) is 4.39 Å². The van der Waals surface area contributed by atoms with E-state index in [0.717, 1.165) is 31.2 Å². The molecule has 2 aromatic carbocycles. The summed E-state index contributed by atoms with van der Waals surface area (Å²) in [5.41, 5.74) is 3.02. The number of hydrogen-bond acceptors (Lipinski definition) is 2. The first-order valence-corrected chi connectivity index (χ1v) is 9.39. The Bertz CT molecular complexity index is 893. The number of sulfonamides is 1. The Morgan fingerprint density at radius 1 is 1.00 bits per heavy atom. The van der Waals surface area contributed by atoms with E-state index >= 15 is 0 Å². The SMILES string of the molecule is O=S(=O)(NCC#Cc1ccc(F)cc1)c1ccc2c(c1)CCCC2. The fraction of sp³-hybridized carbons (Fsp3) is 0.263. The molecule has 0 bridgehead atoms. The van der Waals surface area contributed by atoms with E-state index in [9.17, 15) is 12.8 Å². The average Bonchev–Trinajstić information content (AvgIpc) is 2.60. The molecule has 124 valence electrons. The molecule has 0 amide bonds. The molecule has 0 heterocycles. The summed E-state index contributed by atoms with van der Waals surface area (Å²) >= 11 is 0. The first kappa shape index (κ1) is 16.7. The summed E-state index contributed by atoms with van der Waals surface area (Å²) < 4.78 is 40.0. The summed E-state index contributed by atoms with van der Waals surface area (Å²) in [5, 5.41) is 0. The molecule has 24 heavy (non-hydrogen) atoms. The molecule has 0 atom stereocenters. The van der Waals surface area contributed by atoms with Gasteiger partial charge in [-0.1, -0.05) is 17.9 Å². The molecule has 0 unspecified atom stereocenters. The normalized spacial score (nSPS) is 13.7. The van der Waals surface area contributed by atoms with Crippen molar-refractivity contribution in [1.82, 2.24) is 4.72 Å². The maximum Gasteiger partial charge on any atom is 0.241 e. The number of halogens is 1. The molecule has 1 aliphatic rings. The Morgan fingerprint density at radius 2 is 1.71 bits per heavy atom. The van der Waals surface area contributed by atoms with Gasteiger partial charge in [0, 0.05) is 5.56 Å². The zero-order valence-corrected chi connectivity index (χ0v) is 14.0. The second-order valence-corrected chi connectivity index (χ2v) is 7.54. The van der Waals surface area contributed by atoms with Crippen LogP contribution in [0.3, 0.4) is 0 Å². The minimum absolute atomic E-state index is 0.0107. The Labute approximate surface area is 142 Å². The van der Waals surface area contributed by atoms with E-state index < -0.39 is 10.0 Å². The molecule has 2 aromatic rings. The highest BCUT2D eigenvalue weighted by atomic mass is 32.2. The maximum atomic E-state index is 12.8. The highest BCUT2D eigenvalue weighted by molar-refractivity contribution is 7.89. The van der Waals surface area contributed by atoms with Crippen molar-refractivity contribution in [3.63, 3.8) is 0 Å². The fourth-order valence-corrected chi connectivity index (χ4v) is 3.74. The van der Waals surface area contributed by atoms with E-state index in [2.05, 4.69) is 16.6 Å². The number of benzene rings is 2. The first-order valence-electron chi connectivity index (χ1n) is 7.90. The summed E-state index contributed by atoms with van der Waals surface area (Å²) in [7, 11) is -3.57. The summed E-state index contributed by atoms with van der Waals surface area (Å²) in [5.74, 6) is 5.22. The van der Waals surface area contributed by atoms with Gasteiger partial charge in [0.25, 0.3) is 0 Å². The zero-order valence-electron chi connectivity index (χ0n) is 13.2. The van der Waals surface area contributed by atoms with Gasteiger partial charge in [0.15, 0.2) is 0 Å². The van der Waals surface area contributed by atoms with E-state index in [1.54, 1.807) is 24.3 Å². The van der Waals surface area contributed by atoms with Crippen LogP contribution in [0.1, 0.15) is 29.5 Å². The van der Waals surface area contributed by atoms with Gasteiger partial charge in [-0.2, -0.15) is 4.72 Å². The zero-order chi connectivity index (χ0) is 17.0. The second kappa shape index (κ2) is 7.16. The third-order valence-corrected chi connectivity index (χ3v) is 5.46. The minimum atomic E-state index is -3.57. The third kappa shape index (κ3) is 4.02. The molecule has 5 heteroatoms. The Morgan fingerprint density at radius 3 is 2.46 bits per heavy atom. The van der Waals surface area contributed by atoms with E-state index in [0.29, 0.717) is 5.56 Å². The van der Waals surface area contributed by atoms with Crippen molar-refractivity contribution in [2.75, 3.05) is 6.54 Å². The predicted octanol–water partition coefficient (Wildman–Crippen LogP) is 3.03. The van der Waals surface area contributed by atoms with Gasteiger partial charge in [-0.15, -0.1) is 0 Å². The van der Waals surface area contributed by atoms with E-state index in [4.69, 9.17) is 0 Å². The first-order chi connectivity index (χ1) is 11.5. The van der Waals surface area contributed by atoms with E-state index in [1.165, 1.54) is 17.7 Å². The quantitative estimate of drug-likeness (QED) is 0.871. The molecule has 0 aliphatic heterocycles. The molecule has 0 saturated heterocycles. The van der Waals surface area contributed by atoms with E-state index in [-0.39, 0.29) is 17.3 Å². The van der Waals surface area contributed by atoms with Crippen LogP contribution < -0.4 is 4.72 Å². The van der Waals surface area contributed by atoms with Crippen molar-refractivity contribution < 1.29 is 12.8 Å². The Balaban J connectivity index is 1.67. The Hall–Kier alpha value is -2.16. The minimum Gasteiger partial charge on any atom is -0.207 e.